The summed E-state index contributed by atoms with van der Waals surface area (Å²) in [5.41, 5.74) is 0.275. The van der Waals surface area contributed by atoms with Gasteiger partial charge in [0.05, 0.1) is 24.8 Å². The van der Waals surface area contributed by atoms with E-state index in [0.29, 0.717) is 13.2 Å². The highest BCUT2D eigenvalue weighted by Crippen LogP contribution is 2.28. The maximum absolute atomic E-state index is 12.8. The molecular formula is C19H24ClN3O5S. The van der Waals surface area contributed by atoms with Crippen LogP contribution < -0.4 is 5.32 Å². The van der Waals surface area contributed by atoms with Crippen LogP contribution in [0.1, 0.15) is 6.92 Å². The molecule has 8 nitrogen and oxygen atoms in total. The van der Waals surface area contributed by atoms with Crippen molar-refractivity contribution in [2.75, 3.05) is 45.2 Å². The number of hydrogen-bond acceptors (Lipinski definition) is 5. The molecule has 0 spiro atoms. The van der Waals surface area contributed by atoms with Crippen LogP contribution in [0, 0.1) is 0 Å². The summed E-state index contributed by atoms with van der Waals surface area (Å²) in [6.45, 7) is 2.75. The topological polar surface area (TPSA) is 96.0 Å². The smallest absolute Gasteiger partial charge is 0.246 e. The Bertz CT molecular complexity index is 908. The number of morpholine rings is 1. The van der Waals surface area contributed by atoms with E-state index in [9.17, 15) is 18.0 Å². The Hall–Kier alpha value is -2.20. The van der Waals surface area contributed by atoms with Gasteiger partial charge in [0.15, 0.2) is 0 Å². The Balaban J connectivity index is 2.09. The van der Waals surface area contributed by atoms with Gasteiger partial charge in [-0.25, -0.2) is 8.42 Å². The third kappa shape index (κ3) is 6.40. The van der Waals surface area contributed by atoms with Crippen LogP contribution in [0.4, 0.5) is 5.69 Å². The van der Waals surface area contributed by atoms with Crippen LogP contribution in [-0.4, -0.2) is 69.3 Å². The number of amides is 2. The predicted molar refractivity (Wildman–Crippen MR) is 111 cm³/mol. The summed E-state index contributed by atoms with van der Waals surface area (Å²) in [6, 6.07) is 4.24. The van der Waals surface area contributed by atoms with Crippen molar-refractivity contribution >= 4 is 39.1 Å². The van der Waals surface area contributed by atoms with Gasteiger partial charge in [-0.2, -0.15) is 4.31 Å². The fourth-order valence-corrected chi connectivity index (χ4v) is 4.48. The van der Waals surface area contributed by atoms with Crippen molar-refractivity contribution in [3.8, 4) is 0 Å². The highest BCUT2D eigenvalue weighted by atomic mass is 35.5. The Kier molecular flexibility index (Phi) is 8.39. The molecule has 0 unspecified atom stereocenters. The molecule has 1 aromatic rings. The minimum atomic E-state index is -3.81. The fraction of sp³-hybridized carbons (Fsp3) is 0.368. The molecule has 10 heteroatoms. The lowest BCUT2D eigenvalue weighted by molar-refractivity contribution is -0.129. The van der Waals surface area contributed by atoms with Gasteiger partial charge in [-0.3, -0.25) is 9.59 Å². The van der Waals surface area contributed by atoms with Crippen molar-refractivity contribution in [1.82, 2.24) is 9.21 Å². The quantitative estimate of drug-likeness (QED) is 0.515. The lowest BCUT2D eigenvalue weighted by atomic mass is 10.3. The molecule has 0 aromatic heterocycles. The van der Waals surface area contributed by atoms with E-state index in [2.05, 4.69) is 5.32 Å². The van der Waals surface area contributed by atoms with E-state index in [1.165, 1.54) is 40.5 Å². The van der Waals surface area contributed by atoms with Crippen LogP contribution in [0.3, 0.4) is 0 Å². The summed E-state index contributed by atoms with van der Waals surface area (Å²) in [7, 11) is -2.31. The monoisotopic (exact) mass is 441 g/mol. The first-order valence-corrected chi connectivity index (χ1v) is 10.8. The number of rotatable bonds is 7. The second-order valence-corrected chi connectivity index (χ2v) is 8.60. The van der Waals surface area contributed by atoms with E-state index in [4.69, 9.17) is 16.3 Å². The Morgan fingerprint density at radius 2 is 1.97 bits per heavy atom. The van der Waals surface area contributed by atoms with Crippen LogP contribution in [0.25, 0.3) is 0 Å². The number of halogens is 1. The molecule has 158 valence electrons. The molecule has 1 heterocycles. The van der Waals surface area contributed by atoms with Crippen LogP contribution in [-0.2, 0) is 24.3 Å². The molecule has 29 heavy (non-hydrogen) atoms. The normalized spacial score (nSPS) is 15.7. The van der Waals surface area contributed by atoms with Crippen molar-refractivity contribution in [2.45, 2.75) is 11.8 Å². The molecule has 2 amide bonds. The van der Waals surface area contributed by atoms with Gasteiger partial charge >= 0.3 is 0 Å². The van der Waals surface area contributed by atoms with Crippen LogP contribution in [0.5, 0.6) is 0 Å². The molecule has 1 saturated heterocycles. The number of nitrogens with zero attached hydrogens (tertiary/aromatic N) is 2. The van der Waals surface area contributed by atoms with Gasteiger partial charge in [0, 0.05) is 31.9 Å². The van der Waals surface area contributed by atoms with E-state index in [1.54, 1.807) is 18.2 Å². The van der Waals surface area contributed by atoms with E-state index in [1.807, 2.05) is 6.92 Å². The lowest BCUT2D eigenvalue weighted by Gasteiger charge is -2.26. The molecular weight excluding hydrogens is 418 g/mol. The third-order valence-corrected chi connectivity index (χ3v) is 6.48. The summed E-state index contributed by atoms with van der Waals surface area (Å²) in [5, 5.41) is 2.67. The highest BCUT2D eigenvalue weighted by molar-refractivity contribution is 7.89. The van der Waals surface area contributed by atoms with E-state index in [0.717, 1.165) is 0 Å². The molecule has 0 atom stereocenters. The molecule has 1 N–H and O–H groups in total. The highest BCUT2D eigenvalue weighted by Gasteiger charge is 2.28. The number of sulfonamides is 1. The Morgan fingerprint density at radius 1 is 1.28 bits per heavy atom. The minimum absolute atomic E-state index is 0.0657. The molecule has 0 aliphatic carbocycles. The molecule has 0 saturated carbocycles. The second-order valence-electron chi connectivity index (χ2n) is 6.29. The zero-order valence-corrected chi connectivity index (χ0v) is 17.9. The molecule has 1 aromatic carbocycles. The number of benzene rings is 1. The first-order valence-electron chi connectivity index (χ1n) is 8.97. The number of hydrogen-bond donors (Lipinski definition) is 1. The first kappa shape index (κ1) is 23.1. The molecule has 1 fully saturated rings. The number of anilines is 1. The largest absolute Gasteiger partial charge is 0.379 e. The second kappa shape index (κ2) is 10.5. The van der Waals surface area contributed by atoms with Gasteiger partial charge in [-0.15, -0.1) is 0 Å². The minimum Gasteiger partial charge on any atom is -0.379 e. The van der Waals surface area contributed by atoms with E-state index in [-0.39, 0.29) is 41.1 Å². The number of nitrogens with one attached hydrogen (secondary N) is 1. The van der Waals surface area contributed by atoms with Crippen molar-refractivity contribution in [3.05, 3.63) is 47.5 Å². The third-order valence-electron chi connectivity index (χ3n) is 4.10. The van der Waals surface area contributed by atoms with Crippen molar-refractivity contribution < 1.29 is 22.7 Å². The molecule has 1 aliphatic rings. The maximum atomic E-state index is 12.8. The SMILES string of the molecule is C/C=C/C=C/C(=O)N(C)CC(=O)Nc1ccc(Cl)c(S(=O)(=O)N2CCOCC2)c1. The standard InChI is InChI=1S/C19H24ClN3O5S/c1-3-4-5-6-19(25)22(2)14-18(24)21-15-7-8-16(20)17(13-15)29(26,27)23-9-11-28-12-10-23/h3-8,13H,9-12,14H2,1-2H3,(H,21,24)/b4-3+,6-5+. The molecule has 1 aliphatic heterocycles. The summed E-state index contributed by atoms with van der Waals surface area (Å²) < 4.78 is 32.2. The fourth-order valence-electron chi connectivity index (χ4n) is 2.57. The number of carbonyl (C=O) groups is 2. The zero-order valence-electron chi connectivity index (χ0n) is 16.3. The summed E-state index contributed by atoms with van der Waals surface area (Å²) in [4.78, 5) is 25.3. The molecule has 0 bridgehead atoms. The van der Waals surface area contributed by atoms with Gasteiger partial charge in [0.1, 0.15) is 4.90 Å². The van der Waals surface area contributed by atoms with Crippen molar-refractivity contribution in [1.29, 1.82) is 0 Å². The average molecular weight is 442 g/mol. The van der Waals surface area contributed by atoms with Gasteiger partial charge in [0.25, 0.3) is 0 Å². The van der Waals surface area contributed by atoms with Crippen molar-refractivity contribution in [3.63, 3.8) is 0 Å². The van der Waals surface area contributed by atoms with Gasteiger partial charge in [0.2, 0.25) is 21.8 Å². The maximum Gasteiger partial charge on any atom is 0.246 e. The Labute approximate surface area is 175 Å². The van der Waals surface area contributed by atoms with E-state index >= 15 is 0 Å². The Morgan fingerprint density at radius 3 is 2.62 bits per heavy atom. The zero-order chi connectivity index (χ0) is 21.4. The van der Waals surface area contributed by atoms with Crippen LogP contribution in [0.2, 0.25) is 5.02 Å². The van der Waals surface area contributed by atoms with Crippen LogP contribution in [0.15, 0.2) is 47.4 Å². The predicted octanol–water partition coefficient (Wildman–Crippen LogP) is 1.89. The van der Waals surface area contributed by atoms with E-state index < -0.39 is 15.9 Å². The average Bonchev–Trinajstić information content (AvgIpc) is 2.70. The first-order chi connectivity index (χ1) is 13.8. The number of carbonyl (C=O) groups excluding carboxylic acids is 2. The van der Waals surface area contributed by atoms with Crippen molar-refractivity contribution in [2.24, 2.45) is 0 Å². The summed E-state index contributed by atoms with van der Waals surface area (Å²) in [6.07, 6.45) is 6.41. The van der Waals surface area contributed by atoms with Gasteiger partial charge in [-0.05, 0) is 25.1 Å². The van der Waals surface area contributed by atoms with Crippen LogP contribution >= 0.6 is 11.6 Å². The number of allylic oxidation sites excluding steroid dienone is 3. The summed E-state index contributed by atoms with van der Waals surface area (Å²) >= 11 is 6.11. The lowest BCUT2D eigenvalue weighted by Crippen LogP contribution is -2.40. The summed E-state index contributed by atoms with van der Waals surface area (Å²) in [5.74, 6) is -0.790. The molecule has 2 rings (SSSR count). The molecule has 0 radical (unpaired) electrons. The number of ether oxygens (including phenoxy) is 1. The van der Waals surface area contributed by atoms with Gasteiger partial charge in [-0.1, -0.05) is 29.8 Å². The van der Waals surface area contributed by atoms with Gasteiger partial charge < -0.3 is 15.0 Å². The number of likely N-dealkylation sites (N-methyl/N-ethyl adjacent to an activating group) is 1.